The summed E-state index contributed by atoms with van der Waals surface area (Å²) < 4.78 is 0. The van der Waals surface area contributed by atoms with Crippen molar-refractivity contribution in [3.63, 3.8) is 0 Å². The lowest BCUT2D eigenvalue weighted by atomic mass is 10.1. The highest BCUT2D eigenvalue weighted by Gasteiger charge is 2.18. The van der Waals surface area contributed by atoms with Gasteiger partial charge in [0.2, 0.25) is 11.8 Å². The molecule has 0 aromatic carbocycles. The van der Waals surface area contributed by atoms with Gasteiger partial charge in [-0.05, 0) is 44.4 Å². The molecule has 0 saturated carbocycles. The van der Waals surface area contributed by atoms with Crippen molar-refractivity contribution in [2.24, 2.45) is 17.4 Å². The predicted octanol–water partition coefficient (Wildman–Crippen LogP) is 0.186. The molecule has 1 atom stereocenters. The zero-order valence-electron chi connectivity index (χ0n) is 15.9. The van der Waals surface area contributed by atoms with Gasteiger partial charge in [0.1, 0.15) is 0 Å². The number of rotatable bonds is 11. The zero-order valence-corrected chi connectivity index (χ0v) is 15.9. The summed E-state index contributed by atoms with van der Waals surface area (Å²) in [5, 5.41) is 5.78. The first kappa shape index (κ1) is 21.9. The quantitative estimate of drug-likeness (QED) is 0.395. The van der Waals surface area contributed by atoms with Crippen LogP contribution in [-0.4, -0.2) is 61.5 Å². The highest BCUT2D eigenvalue weighted by molar-refractivity contribution is 5.81. The number of hydrogen-bond donors (Lipinski definition) is 4. The molecule has 7 heteroatoms. The third-order valence-electron chi connectivity index (χ3n) is 4.61. The molecular formula is C18H37N5O2. The van der Waals surface area contributed by atoms with Crippen molar-refractivity contribution in [2.75, 3.05) is 32.7 Å². The summed E-state index contributed by atoms with van der Waals surface area (Å²) >= 11 is 0. The van der Waals surface area contributed by atoms with Gasteiger partial charge in [-0.2, -0.15) is 0 Å². The SMILES string of the molecule is CC(C)CCCNC(=O)[C@H](N)CCCNC(=O)CN1CCC(N)CC1. The van der Waals surface area contributed by atoms with E-state index in [4.69, 9.17) is 11.5 Å². The molecule has 1 rings (SSSR count). The van der Waals surface area contributed by atoms with Crippen LogP contribution in [0.1, 0.15) is 52.4 Å². The van der Waals surface area contributed by atoms with E-state index in [-0.39, 0.29) is 17.9 Å². The Labute approximate surface area is 152 Å². The monoisotopic (exact) mass is 355 g/mol. The number of carbonyl (C=O) groups excluding carboxylic acids is 2. The Hall–Kier alpha value is -1.18. The fraction of sp³-hybridized carbons (Fsp3) is 0.889. The summed E-state index contributed by atoms with van der Waals surface area (Å²) in [4.78, 5) is 25.9. The van der Waals surface area contributed by atoms with Crippen LogP contribution in [0.3, 0.4) is 0 Å². The molecule has 0 aromatic rings. The highest BCUT2D eigenvalue weighted by atomic mass is 16.2. The molecule has 1 saturated heterocycles. The van der Waals surface area contributed by atoms with Crippen molar-refractivity contribution in [2.45, 2.75) is 64.5 Å². The Morgan fingerprint density at radius 2 is 1.68 bits per heavy atom. The Morgan fingerprint density at radius 3 is 2.32 bits per heavy atom. The first-order valence-corrected chi connectivity index (χ1v) is 9.66. The van der Waals surface area contributed by atoms with Crippen LogP contribution < -0.4 is 22.1 Å². The fourth-order valence-electron chi connectivity index (χ4n) is 2.90. The van der Waals surface area contributed by atoms with E-state index in [0.29, 0.717) is 38.4 Å². The molecule has 0 bridgehead atoms. The second kappa shape index (κ2) is 12.2. The van der Waals surface area contributed by atoms with Gasteiger partial charge in [0.25, 0.3) is 0 Å². The van der Waals surface area contributed by atoms with Crippen molar-refractivity contribution in [3.05, 3.63) is 0 Å². The second-order valence-electron chi connectivity index (χ2n) is 7.54. The molecule has 2 amide bonds. The van der Waals surface area contributed by atoms with Gasteiger partial charge in [0.05, 0.1) is 12.6 Å². The molecule has 0 radical (unpaired) electrons. The molecule has 6 N–H and O–H groups in total. The molecule has 0 unspecified atom stereocenters. The third kappa shape index (κ3) is 10.4. The Morgan fingerprint density at radius 1 is 1.08 bits per heavy atom. The van der Waals surface area contributed by atoms with Crippen molar-refractivity contribution in [1.82, 2.24) is 15.5 Å². The van der Waals surface area contributed by atoms with Crippen LogP contribution in [0, 0.1) is 5.92 Å². The van der Waals surface area contributed by atoms with E-state index < -0.39 is 6.04 Å². The summed E-state index contributed by atoms with van der Waals surface area (Å²) in [7, 11) is 0. The predicted molar refractivity (Wildman–Crippen MR) is 101 cm³/mol. The van der Waals surface area contributed by atoms with Gasteiger partial charge in [0.15, 0.2) is 0 Å². The minimum atomic E-state index is -0.500. The Kier molecular flexibility index (Phi) is 10.7. The summed E-state index contributed by atoms with van der Waals surface area (Å²) in [6, 6.07) is -0.225. The number of amides is 2. The lowest BCUT2D eigenvalue weighted by Crippen LogP contribution is -2.45. The van der Waals surface area contributed by atoms with Crippen molar-refractivity contribution in [1.29, 1.82) is 0 Å². The lowest BCUT2D eigenvalue weighted by Gasteiger charge is -2.29. The molecule has 1 aliphatic heterocycles. The van der Waals surface area contributed by atoms with E-state index in [1.807, 2.05) is 0 Å². The van der Waals surface area contributed by atoms with E-state index >= 15 is 0 Å². The molecule has 1 aliphatic rings. The lowest BCUT2D eigenvalue weighted by molar-refractivity contribution is -0.122. The van der Waals surface area contributed by atoms with Crippen molar-refractivity contribution >= 4 is 11.8 Å². The maximum absolute atomic E-state index is 11.9. The van der Waals surface area contributed by atoms with Crippen molar-refractivity contribution in [3.8, 4) is 0 Å². The molecule has 1 fully saturated rings. The van der Waals surface area contributed by atoms with Gasteiger partial charge in [-0.25, -0.2) is 0 Å². The Balaban J connectivity index is 2.03. The maximum Gasteiger partial charge on any atom is 0.236 e. The van der Waals surface area contributed by atoms with Gasteiger partial charge < -0.3 is 22.1 Å². The first-order chi connectivity index (χ1) is 11.9. The van der Waals surface area contributed by atoms with Crippen LogP contribution >= 0.6 is 0 Å². The number of carbonyl (C=O) groups is 2. The van der Waals surface area contributed by atoms with Crippen LogP contribution in [0.25, 0.3) is 0 Å². The molecule has 1 heterocycles. The average molecular weight is 356 g/mol. The fourth-order valence-corrected chi connectivity index (χ4v) is 2.90. The minimum Gasteiger partial charge on any atom is -0.355 e. The maximum atomic E-state index is 11.9. The van der Waals surface area contributed by atoms with Crippen LogP contribution in [0.15, 0.2) is 0 Å². The summed E-state index contributed by atoms with van der Waals surface area (Å²) in [5.41, 5.74) is 11.8. The van der Waals surface area contributed by atoms with Gasteiger partial charge in [-0.1, -0.05) is 13.8 Å². The second-order valence-corrected chi connectivity index (χ2v) is 7.54. The van der Waals surface area contributed by atoms with Crippen LogP contribution in [0.2, 0.25) is 0 Å². The third-order valence-corrected chi connectivity index (χ3v) is 4.61. The first-order valence-electron chi connectivity index (χ1n) is 9.66. The highest BCUT2D eigenvalue weighted by Crippen LogP contribution is 2.07. The molecule has 146 valence electrons. The number of hydrogen-bond acceptors (Lipinski definition) is 5. The van der Waals surface area contributed by atoms with E-state index in [2.05, 4.69) is 29.4 Å². The molecule has 0 aliphatic carbocycles. The molecule has 0 aromatic heterocycles. The molecule has 25 heavy (non-hydrogen) atoms. The smallest absolute Gasteiger partial charge is 0.236 e. The van der Waals surface area contributed by atoms with Gasteiger partial charge >= 0.3 is 0 Å². The summed E-state index contributed by atoms with van der Waals surface area (Å²) in [5.74, 6) is 0.581. The van der Waals surface area contributed by atoms with Crippen LogP contribution in [0.4, 0.5) is 0 Å². The molecular weight excluding hydrogens is 318 g/mol. The standard InChI is InChI=1S/C18H37N5O2/c1-14(2)5-3-10-22-18(25)16(20)6-4-9-21-17(24)13-23-11-7-15(19)8-12-23/h14-16H,3-13,19-20H2,1-2H3,(H,21,24)(H,22,25)/t16-/m1/s1. The van der Waals surface area contributed by atoms with Gasteiger partial charge in [0, 0.05) is 32.2 Å². The average Bonchev–Trinajstić information content (AvgIpc) is 2.57. The number of piperidine rings is 1. The number of likely N-dealkylation sites (tertiary alicyclic amines) is 1. The van der Waals surface area contributed by atoms with Gasteiger partial charge in [-0.15, -0.1) is 0 Å². The Bertz CT molecular complexity index is 395. The number of nitrogens with two attached hydrogens (primary N) is 2. The van der Waals surface area contributed by atoms with Crippen molar-refractivity contribution < 1.29 is 9.59 Å². The molecule has 0 spiro atoms. The number of nitrogens with one attached hydrogen (secondary N) is 2. The number of nitrogens with zero attached hydrogens (tertiary/aromatic N) is 1. The molecule has 7 nitrogen and oxygen atoms in total. The van der Waals surface area contributed by atoms with E-state index in [1.54, 1.807) is 0 Å². The topological polar surface area (TPSA) is 113 Å². The summed E-state index contributed by atoms with van der Waals surface area (Å²) in [6.45, 7) is 7.77. The van der Waals surface area contributed by atoms with E-state index in [1.165, 1.54) is 0 Å². The largest absolute Gasteiger partial charge is 0.355 e. The van der Waals surface area contributed by atoms with Crippen LogP contribution in [0.5, 0.6) is 0 Å². The van der Waals surface area contributed by atoms with E-state index in [0.717, 1.165) is 38.8 Å². The zero-order chi connectivity index (χ0) is 18.7. The minimum absolute atomic E-state index is 0.0298. The van der Waals surface area contributed by atoms with E-state index in [9.17, 15) is 9.59 Å². The van der Waals surface area contributed by atoms with Gasteiger partial charge in [-0.3, -0.25) is 14.5 Å². The van der Waals surface area contributed by atoms with Crippen LogP contribution in [-0.2, 0) is 9.59 Å². The normalized spacial score (nSPS) is 17.5. The summed E-state index contributed by atoms with van der Waals surface area (Å²) in [6.07, 6.45) is 5.27.